The van der Waals surface area contributed by atoms with Gasteiger partial charge < -0.3 is 23.8 Å². The van der Waals surface area contributed by atoms with Crippen LogP contribution >= 0.6 is 0 Å². The first kappa shape index (κ1) is 35.2. The SMILES string of the molecule is CCc1c(F)ccc2cc(OCOC)cc(-c3ncc4c(N5CCCC(C(=O)OC)CCC5)nc(OC[C@@]56CCCN5C[C@H](F)C6)nc4c3F)c12. The predicted octanol–water partition coefficient (Wildman–Crippen LogP) is 6.79. The van der Waals surface area contributed by atoms with Gasteiger partial charge in [-0.05, 0) is 86.0 Å². The first-order chi connectivity index (χ1) is 24.7. The molecule has 0 aliphatic carbocycles. The Hall–Kier alpha value is -4.23. The molecule has 0 unspecified atom stereocenters. The zero-order valence-corrected chi connectivity index (χ0v) is 29.4. The van der Waals surface area contributed by atoms with Crippen LogP contribution in [0.5, 0.6) is 11.8 Å². The van der Waals surface area contributed by atoms with Crippen LogP contribution in [0.25, 0.3) is 32.9 Å². The number of hydrogen-bond donors (Lipinski definition) is 0. The van der Waals surface area contributed by atoms with E-state index in [9.17, 15) is 9.18 Å². The highest BCUT2D eigenvalue weighted by atomic mass is 19.1. The van der Waals surface area contributed by atoms with Gasteiger partial charge in [0.2, 0.25) is 0 Å². The number of halogens is 3. The molecular formula is C38H44F3N5O5. The van der Waals surface area contributed by atoms with Gasteiger partial charge in [-0.2, -0.15) is 9.97 Å². The quantitative estimate of drug-likeness (QED) is 0.129. The second-order valence-corrected chi connectivity index (χ2v) is 13.9. The summed E-state index contributed by atoms with van der Waals surface area (Å²) in [6.07, 6.45) is 5.81. The maximum absolute atomic E-state index is 17.2. The summed E-state index contributed by atoms with van der Waals surface area (Å²) in [5, 5.41) is 1.60. The minimum absolute atomic E-state index is 0.00564. The van der Waals surface area contributed by atoms with Gasteiger partial charge in [-0.25, -0.2) is 13.2 Å². The third kappa shape index (κ3) is 6.77. The van der Waals surface area contributed by atoms with Gasteiger partial charge in [0, 0.05) is 44.9 Å². The molecule has 51 heavy (non-hydrogen) atoms. The van der Waals surface area contributed by atoms with Crippen molar-refractivity contribution in [1.29, 1.82) is 0 Å². The number of aromatic nitrogens is 3. The van der Waals surface area contributed by atoms with E-state index in [1.54, 1.807) is 24.4 Å². The van der Waals surface area contributed by atoms with Crippen molar-refractivity contribution < 1.29 is 36.9 Å². The van der Waals surface area contributed by atoms with Crippen molar-refractivity contribution in [2.45, 2.75) is 70.0 Å². The lowest BCUT2D eigenvalue weighted by Crippen LogP contribution is -2.43. The first-order valence-electron chi connectivity index (χ1n) is 17.8. The summed E-state index contributed by atoms with van der Waals surface area (Å²) >= 11 is 0. The minimum Gasteiger partial charge on any atom is -0.469 e. The molecule has 0 spiro atoms. The highest BCUT2D eigenvalue weighted by Gasteiger charge is 2.49. The molecule has 2 aromatic carbocycles. The van der Waals surface area contributed by atoms with Crippen molar-refractivity contribution in [1.82, 2.24) is 19.9 Å². The van der Waals surface area contributed by atoms with Gasteiger partial charge in [-0.3, -0.25) is 14.7 Å². The van der Waals surface area contributed by atoms with Gasteiger partial charge in [0.1, 0.15) is 41.4 Å². The van der Waals surface area contributed by atoms with Crippen LogP contribution in [0.1, 0.15) is 57.4 Å². The lowest BCUT2D eigenvalue weighted by Gasteiger charge is -2.31. The molecule has 10 nitrogen and oxygen atoms in total. The Balaban J connectivity index is 1.34. The molecule has 2 aromatic heterocycles. The second kappa shape index (κ2) is 14.8. The summed E-state index contributed by atoms with van der Waals surface area (Å²) in [6.45, 7) is 4.30. The van der Waals surface area contributed by atoms with E-state index in [1.807, 2.05) is 6.92 Å². The molecule has 13 heteroatoms. The summed E-state index contributed by atoms with van der Waals surface area (Å²) in [5.41, 5.74) is 0.333. The molecule has 7 rings (SSSR count). The molecule has 0 bridgehead atoms. The van der Waals surface area contributed by atoms with E-state index >= 15 is 8.78 Å². The smallest absolute Gasteiger partial charge is 0.319 e. The number of anilines is 1. The van der Waals surface area contributed by atoms with E-state index in [1.165, 1.54) is 20.3 Å². The van der Waals surface area contributed by atoms with Gasteiger partial charge in [-0.1, -0.05) is 13.0 Å². The lowest BCUT2D eigenvalue weighted by molar-refractivity contribution is -0.146. The average molecular weight is 708 g/mol. The Morgan fingerprint density at radius 2 is 1.84 bits per heavy atom. The number of fused-ring (bicyclic) bond motifs is 3. The van der Waals surface area contributed by atoms with Crippen molar-refractivity contribution in [3.63, 3.8) is 0 Å². The summed E-state index contributed by atoms with van der Waals surface area (Å²) in [5.74, 6) is -0.592. The Morgan fingerprint density at radius 3 is 2.59 bits per heavy atom. The fourth-order valence-electron chi connectivity index (χ4n) is 8.32. The molecule has 0 N–H and O–H groups in total. The van der Waals surface area contributed by atoms with E-state index in [-0.39, 0.29) is 42.5 Å². The number of pyridine rings is 1. The Morgan fingerprint density at radius 1 is 1.04 bits per heavy atom. The molecule has 3 aliphatic heterocycles. The standard InChI is InChI=1S/C38H44F3N5O5/c1-4-27-30(40)11-10-24-16-26(51-22-48-2)17-28(31(24)27)33-32(41)34-29(19-42-33)35(45-13-5-8-23(9-6-14-45)36(47)49-3)44-37(43-34)50-21-38-12-7-15-46(38)20-25(39)18-38/h10-11,16-17,19,23,25H,4-9,12-15,18,20-22H2,1-3H3/t25-,38+/m1/s1. The number of benzene rings is 2. The third-order valence-corrected chi connectivity index (χ3v) is 10.8. The summed E-state index contributed by atoms with van der Waals surface area (Å²) in [6, 6.07) is 6.45. The van der Waals surface area contributed by atoms with Crippen molar-refractivity contribution in [2.75, 3.05) is 58.7 Å². The molecule has 0 radical (unpaired) electrons. The summed E-state index contributed by atoms with van der Waals surface area (Å²) in [7, 11) is 2.91. The third-order valence-electron chi connectivity index (χ3n) is 10.8. The number of nitrogens with zero attached hydrogens (tertiary/aromatic N) is 5. The molecule has 4 aromatic rings. The predicted molar refractivity (Wildman–Crippen MR) is 187 cm³/mol. The largest absolute Gasteiger partial charge is 0.469 e. The van der Waals surface area contributed by atoms with E-state index in [0.29, 0.717) is 97.0 Å². The molecule has 0 amide bonds. The number of alkyl halides is 1. The van der Waals surface area contributed by atoms with E-state index in [4.69, 9.17) is 23.9 Å². The molecule has 3 saturated heterocycles. The van der Waals surface area contributed by atoms with Crippen LogP contribution in [0.2, 0.25) is 0 Å². The van der Waals surface area contributed by atoms with Gasteiger partial charge in [0.15, 0.2) is 12.6 Å². The fraction of sp³-hybridized carbons (Fsp3) is 0.526. The van der Waals surface area contributed by atoms with Gasteiger partial charge in [0.05, 0.1) is 24.0 Å². The zero-order chi connectivity index (χ0) is 35.7. The number of hydrogen-bond acceptors (Lipinski definition) is 10. The molecule has 3 aliphatic rings. The fourth-order valence-corrected chi connectivity index (χ4v) is 8.32. The number of ether oxygens (including phenoxy) is 4. The van der Waals surface area contributed by atoms with Gasteiger partial charge >= 0.3 is 12.0 Å². The normalized spacial score (nSPS) is 21.5. The van der Waals surface area contributed by atoms with Crippen LogP contribution in [0.3, 0.4) is 0 Å². The minimum atomic E-state index is -0.931. The van der Waals surface area contributed by atoms with Crippen molar-refractivity contribution >= 4 is 33.5 Å². The number of rotatable bonds is 10. The summed E-state index contributed by atoms with van der Waals surface area (Å²) < 4.78 is 69.1. The molecule has 272 valence electrons. The summed E-state index contributed by atoms with van der Waals surface area (Å²) in [4.78, 5) is 30.6. The highest BCUT2D eigenvalue weighted by molar-refractivity contribution is 6.01. The van der Waals surface area contributed by atoms with Crippen molar-refractivity contribution in [3.8, 4) is 23.0 Å². The second-order valence-electron chi connectivity index (χ2n) is 13.9. The van der Waals surface area contributed by atoms with Crippen LogP contribution in [-0.2, 0) is 20.7 Å². The average Bonchev–Trinajstić information content (AvgIpc) is 3.65. The monoisotopic (exact) mass is 707 g/mol. The number of carbonyl (C=O) groups is 1. The zero-order valence-electron chi connectivity index (χ0n) is 29.4. The lowest BCUT2D eigenvalue weighted by atomic mass is 9.94. The van der Waals surface area contributed by atoms with Crippen LogP contribution in [-0.4, -0.2) is 91.3 Å². The highest BCUT2D eigenvalue weighted by Crippen LogP contribution is 2.42. The van der Waals surface area contributed by atoms with E-state index < -0.39 is 23.3 Å². The molecule has 5 heterocycles. The van der Waals surface area contributed by atoms with Crippen molar-refractivity contribution in [2.24, 2.45) is 5.92 Å². The maximum atomic E-state index is 17.2. The van der Waals surface area contributed by atoms with Crippen LogP contribution in [0, 0.1) is 17.6 Å². The Kier molecular flexibility index (Phi) is 10.2. The topological polar surface area (TPSA) is 99.1 Å². The Bertz CT molecular complexity index is 1920. The van der Waals surface area contributed by atoms with Crippen LogP contribution < -0.4 is 14.4 Å². The number of aryl methyl sites for hydroxylation is 1. The molecular weight excluding hydrogens is 663 g/mol. The van der Waals surface area contributed by atoms with E-state index in [2.05, 4.69) is 19.8 Å². The molecule has 0 saturated carbocycles. The van der Waals surface area contributed by atoms with Crippen LogP contribution in [0.15, 0.2) is 30.5 Å². The Labute approximate surface area is 295 Å². The number of esters is 1. The number of methoxy groups -OCH3 is 2. The van der Waals surface area contributed by atoms with Gasteiger partial charge in [-0.15, -0.1) is 0 Å². The maximum Gasteiger partial charge on any atom is 0.319 e. The molecule has 3 fully saturated rings. The van der Waals surface area contributed by atoms with Crippen LogP contribution in [0.4, 0.5) is 19.0 Å². The molecule has 2 atom stereocenters. The van der Waals surface area contributed by atoms with Gasteiger partial charge in [0.25, 0.3) is 0 Å². The van der Waals surface area contributed by atoms with E-state index in [0.717, 1.165) is 19.4 Å². The van der Waals surface area contributed by atoms with Crippen molar-refractivity contribution in [3.05, 3.63) is 47.7 Å². The first-order valence-corrected chi connectivity index (χ1v) is 17.8. The number of carbonyl (C=O) groups excluding carboxylic acids is 1.